The van der Waals surface area contributed by atoms with Crippen molar-refractivity contribution in [1.29, 1.82) is 0 Å². The van der Waals surface area contributed by atoms with Crippen molar-refractivity contribution < 1.29 is 23.9 Å². The summed E-state index contributed by atoms with van der Waals surface area (Å²) in [7, 11) is 0. The first-order valence-electron chi connectivity index (χ1n) is 13.9. The van der Waals surface area contributed by atoms with E-state index in [1.165, 1.54) is 0 Å². The van der Waals surface area contributed by atoms with Crippen LogP contribution in [0.3, 0.4) is 0 Å². The summed E-state index contributed by atoms with van der Waals surface area (Å²) in [4.78, 5) is 58.0. The maximum atomic E-state index is 13.5. The highest BCUT2D eigenvalue weighted by atomic mass is 16.5. The predicted octanol–water partition coefficient (Wildman–Crippen LogP) is 1.92. The van der Waals surface area contributed by atoms with Crippen molar-refractivity contribution in [2.24, 2.45) is 17.8 Å². The van der Waals surface area contributed by atoms with Gasteiger partial charge in [0.1, 0.15) is 18.9 Å². The van der Waals surface area contributed by atoms with Crippen LogP contribution in [0.2, 0.25) is 0 Å². The van der Waals surface area contributed by atoms with E-state index >= 15 is 0 Å². The lowest BCUT2D eigenvalue weighted by Gasteiger charge is -2.40. The second-order valence-electron chi connectivity index (χ2n) is 10.9. The van der Waals surface area contributed by atoms with Gasteiger partial charge in [0.2, 0.25) is 24.1 Å². The minimum Gasteiger partial charge on any atom is -0.489 e. The van der Waals surface area contributed by atoms with Crippen LogP contribution in [0.15, 0.2) is 36.4 Å². The van der Waals surface area contributed by atoms with Crippen molar-refractivity contribution in [2.75, 3.05) is 52.4 Å². The van der Waals surface area contributed by atoms with Gasteiger partial charge in [-0.2, -0.15) is 0 Å². The van der Waals surface area contributed by atoms with Gasteiger partial charge in [-0.05, 0) is 37.2 Å². The van der Waals surface area contributed by atoms with Crippen molar-refractivity contribution in [3.63, 3.8) is 0 Å². The fourth-order valence-corrected chi connectivity index (χ4v) is 5.90. The molecule has 38 heavy (non-hydrogen) atoms. The molecule has 1 aromatic rings. The van der Waals surface area contributed by atoms with E-state index in [4.69, 9.17) is 4.74 Å². The van der Waals surface area contributed by atoms with Gasteiger partial charge in [-0.3, -0.25) is 19.2 Å². The van der Waals surface area contributed by atoms with E-state index in [-0.39, 0.29) is 42.0 Å². The number of amides is 4. The summed E-state index contributed by atoms with van der Waals surface area (Å²) < 4.78 is 6.10. The Kier molecular flexibility index (Phi) is 8.29. The van der Waals surface area contributed by atoms with E-state index in [9.17, 15) is 19.2 Å². The number of piperazine rings is 1. The average molecular weight is 523 g/mol. The third kappa shape index (κ3) is 6.03. The smallest absolute Gasteiger partial charge is 0.242 e. The highest BCUT2D eigenvalue weighted by Crippen LogP contribution is 2.32. The number of carbonyl (C=O) groups excluding carboxylic acids is 4. The molecular weight excluding hydrogens is 484 g/mol. The molecule has 2 atom stereocenters. The number of para-hydroxylation sites is 1. The normalized spacial score (nSPS) is 25.6. The molecule has 2 saturated heterocycles. The fourth-order valence-electron chi connectivity index (χ4n) is 5.90. The molecule has 3 heterocycles. The van der Waals surface area contributed by atoms with Crippen molar-refractivity contribution in [2.45, 2.75) is 38.6 Å². The Hall–Kier alpha value is -3.36. The van der Waals surface area contributed by atoms with Crippen LogP contribution in [-0.4, -0.2) is 96.2 Å². The third-order valence-electron chi connectivity index (χ3n) is 8.56. The number of ether oxygens (including phenoxy) is 1. The molecule has 0 N–H and O–H groups in total. The summed E-state index contributed by atoms with van der Waals surface area (Å²) in [6.07, 6.45) is 8.92. The van der Waals surface area contributed by atoms with E-state index in [0.717, 1.165) is 43.4 Å². The maximum absolute atomic E-state index is 13.5. The number of nitrogens with zero attached hydrogens (tertiary/aromatic N) is 4. The molecule has 4 aliphatic rings. The molecule has 0 radical (unpaired) electrons. The Morgan fingerprint density at radius 3 is 2.50 bits per heavy atom. The van der Waals surface area contributed by atoms with Crippen LogP contribution in [-0.2, 0) is 25.7 Å². The molecule has 0 spiro atoms. The zero-order valence-electron chi connectivity index (χ0n) is 22.0. The van der Waals surface area contributed by atoms with Crippen molar-refractivity contribution in [1.82, 2.24) is 19.6 Å². The molecule has 204 valence electrons. The van der Waals surface area contributed by atoms with Gasteiger partial charge < -0.3 is 24.3 Å². The quantitative estimate of drug-likeness (QED) is 0.445. The Labute approximate surface area is 224 Å². The van der Waals surface area contributed by atoms with Crippen LogP contribution < -0.4 is 4.74 Å². The van der Waals surface area contributed by atoms with Gasteiger partial charge in [-0.15, -0.1) is 0 Å². The van der Waals surface area contributed by atoms with Gasteiger partial charge in [0.25, 0.3) is 0 Å². The Balaban J connectivity index is 1.31. The number of rotatable bonds is 4. The minimum atomic E-state index is -0.0384. The number of hydrogen-bond acceptors (Lipinski definition) is 5. The number of benzene rings is 1. The molecule has 1 saturated carbocycles. The maximum Gasteiger partial charge on any atom is 0.242 e. The predicted molar refractivity (Wildman–Crippen MR) is 141 cm³/mol. The summed E-state index contributed by atoms with van der Waals surface area (Å²) in [5.74, 6) is 1.01. The van der Waals surface area contributed by atoms with Gasteiger partial charge in [-0.1, -0.05) is 36.8 Å². The first-order chi connectivity index (χ1) is 18.5. The molecule has 5 rings (SSSR count). The van der Waals surface area contributed by atoms with Crippen LogP contribution in [0.4, 0.5) is 0 Å². The Morgan fingerprint density at radius 1 is 0.974 bits per heavy atom. The molecule has 9 heteroatoms. The molecule has 1 aliphatic carbocycles. The van der Waals surface area contributed by atoms with Crippen molar-refractivity contribution in [3.05, 3.63) is 42.0 Å². The second kappa shape index (κ2) is 12.0. The van der Waals surface area contributed by atoms with Crippen LogP contribution in [0, 0.1) is 17.8 Å². The van der Waals surface area contributed by atoms with Gasteiger partial charge in [0.05, 0.1) is 0 Å². The third-order valence-corrected chi connectivity index (χ3v) is 8.56. The van der Waals surface area contributed by atoms with Gasteiger partial charge in [0.15, 0.2) is 0 Å². The van der Waals surface area contributed by atoms with E-state index in [1.54, 1.807) is 9.80 Å². The van der Waals surface area contributed by atoms with Crippen LogP contribution in [0.1, 0.15) is 37.7 Å². The molecular formula is C29H38N4O5. The molecule has 0 aromatic heterocycles. The van der Waals surface area contributed by atoms with E-state index in [1.807, 2.05) is 40.1 Å². The molecule has 2 bridgehead atoms. The number of fused-ring (bicyclic) bond motifs is 3. The highest BCUT2D eigenvalue weighted by Gasteiger charge is 2.36. The topological polar surface area (TPSA) is 90.5 Å². The lowest BCUT2D eigenvalue weighted by molar-refractivity contribution is -0.146. The van der Waals surface area contributed by atoms with E-state index in [0.29, 0.717) is 58.8 Å². The Morgan fingerprint density at radius 2 is 1.76 bits per heavy atom. The van der Waals surface area contributed by atoms with E-state index in [2.05, 4.69) is 6.08 Å². The van der Waals surface area contributed by atoms with Crippen molar-refractivity contribution in [3.8, 4) is 5.75 Å². The van der Waals surface area contributed by atoms with Gasteiger partial charge >= 0.3 is 0 Å². The molecule has 0 unspecified atom stereocenters. The summed E-state index contributed by atoms with van der Waals surface area (Å²) in [5, 5.41) is 0. The molecule has 4 amide bonds. The summed E-state index contributed by atoms with van der Waals surface area (Å²) >= 11 is 0. The zero-order chi connectivity index (χ0) is 26.5. The zero-order valence-corrected chi connectivity index (χ0v) is 22.0. The molecule has 3 fully saturated rings. The van der Waals surface area contributed by atoms with Crippen LogP contribution in [0.5, 0.6) is 5.75 Å². The molecule has 1 aromatic carbocycles. The lowest BCUT2D eigenvalue weighted by Crippen LogP contribution is -2.51. The molecule has 3 aliphatic heterocycles. The van der Waals surface area contributed by atoms with Crippen LogP contribution >= 0.6 is 0 Å². The fraction of sp³-hybridized carbons (Fsp3) is 0.586. The lowest BCUT2D eigenvalue weighted by atomic mass is 9.82. The first kappa shape index (κ1) is 26.3. The molecule has 9 nitrogen and oxygen atoms in total. The van der Waals surface area contributed by atoms with Gasteiger partial charge in [-0.25, -0.2) is 0 Å². The SMILES string of the molecule is O=CN1CCN(C(=O)C[C@@H]2CCN3C[C@@H]2/C=C\COc2ccccc2CN(C(=O)C2CCC2)CC3=O)CC1. The minimum absolute atomic E-state index is 0.00567. The number of carbonyl (C=O) groups is 4. The van der Waals surface area contributed by atoms with Crippen LogP contribution in [0.25, 0.3) is 0 Å². The summed E-state index contributed by atoms with van der Waals surface area (Å²) in [6, 6.07) is 7.71. The summed E-state index contributed by atoms with van der Waals surface area (Å²) in [5.41, 5.74) is 0.900. The van der Waals surface area contributed by atoms with Crippen molar-refractivity contribution >= 4 is 24.1 Å². The first-order valence-corrected chi connectivity index (χ1v) is 13.9. The average Bonchev–Trinajstić information content (AvgIpc) is 2.91. The summed E-state index contributed by atoms with van der Waals surface area (Å²) in [6.45, 7) is 4.18. The number of hydrogen-bond donors (Lipinski definition) is 0. The Bertz CT molecular complexity index is 1060. The monoisotopic (exact) mass is 522 g/mol. The highest BCUT2D eigenvalue weighted by molar-refractivity contribution is 5.86. The standard InChI is InChI=1S/C29H38N4O5/c34-21-30-12-14-31(15-13-30)27(35)17-23-10-11-32-18-24(23)8-4-16-38-26-9-2-1-5-25(26)19-33(20-28(32)36)29(37)22-6-3-7-22/h1-2,4-5,8-9,21-24H,3,6-7,10-20H2/b8-4-/t23-,24-/m0/s1. The largest absolute Gasteiger partial charge is 0.489 e. The van der Waals surface area contributed by atoms with E-state index < -0.39 is 0 Å². The second-order valence-corrected chi connectivity index (χ2v) is 10.9. The number of piperidine rings is 1. The van der Waals surface area contributed by atoms with Gasteiger partial charge in [0, 0.05) is 63.7 Å².